The fourth-order valence-corrected chi connectivity index (χ4v) is 1.62. The van der Waals surface area contributed by atoms with Gasteiger partial charge in [-0.1, -0.05) is 20.3 Å². The van der Waals surface area contributed by atoms with E-state index in [1.54, 1.807) is 13.8 Å². The fraction of sp³-hybridized carbons (Fsp3) is 1.00. The molecule has 0 aliphatic rings. The van der Waals surface area contributed by atoms with E-state index in [9.17, 15) is 8.42 Å². The van der Waals surface area contributed by atoms with Gasteiger partial charge in [-0.2, -0.15) is 0 Å². The Kier molecular flexibility index (Phi) is 13.7. The Morgan fingerprint density at radius 1 is 1.38 bits per heavy atom. The standard InChI is InChI=1S/C6H14N2O2S.Ru.Y.H/c1-5(7)4-6(2)8-11(3,9)10;;;/h5-7H,4H2,1-3H3;;;/q-2;+2;;. The summed E-state index contributed by atoms with van der Waals surface area (Å²) in [6.07, 6.45) is 1.56. The maximum atomic E-state index is 10.6. The molecule has 1 N–H and O–H groups in total. The van der Waals surface area contributed by atoms with Gasteiger partial charge in [0.05, 0.1) is 10.0 Å². The quantitative estimate of drug-likeness (QED) is 0.700. The Balaban J connectivity index is -0.000000500. The molecule has 0 heterocycles. The molecule has 0 aliphatic carbocycles. The van der Waals surface area contributed by atoms with Crippen LogP contribution in [0.4, 0.5) is 0 Å². The summed E-state index contributed by atoms with van der Waals surface area (Å²) in [5.74, 6) is 0. The van der Waals surface area contributed by atoms with Crippen LogP contribution in [0, 0.1) is 0 Å². The van der Waals surface area contributed by atoms with Crippen molar-refractivity contribution in [2.75, 3.05) is 6.26 Å². The van der Waals surface area contributed by atoms with Gasteiger partial charge in [-0.3, -0.25) is 0 Å². The number of nitrogens with zero attached hydrogens (tertiary/aromatic N) is 1. The molecule has 1 radical (unpaired) electrons. The smallest absolute Gasteiger partial charge is 0 e. The largest absolute Gasteiger partial charge is 0 e. The van der Waals surface area contributed by atoms with Crippen molar-refractivity contribution in [2.45, 2.75) is 32.4 Å². The first-order valence-corrected chi connectivity index (χ1v) is 5.29. The summed E-state index contributed by atoms with van der Waals surface area (Å²) < 4.78 is 24.7. The third-order valence-electron chi connectivity index (χ3n) is 1.07. The van der Waals surface area contributed by atoms with E-state index in [0.29, 0.717) is 6.42 Å². The summed E-state index contributed by atoms with van der Waals surface area (Å²) >= 11 is 0. The molecule has 4 nitrogen and oxygen atoms in total. The van der Waals surface area contributed by atoms with Gasteiger partial charge < -0.3 is 10.5 Å². The van der Waals surface area contributed by atoms with Crippen molar-refractivity contribution in [3.8, 4) is 0 Å². The summed E-state index contributed by atoms with van der Waals surface area (Å²) in [6, 6.07) is -0.520. The molecule has 0 saturated heterocycles. The molecule has 0 saturated carbocycles. The van der Waals surface area contributed by atoms with E-state index < -0.39 is 10.0 Å². The first-order valence-electron chi connectivity index (χ1n) is 3.44. The minimum absolute atomic E-state index is 0. The summed E-state index contributed by atoms with van der Waals surface area (Å²) in [5, 5.41) is 0. The second-order valence-electron chi connectivity index (χ2n) is 2.82. The van der Waals surface area contributed by atoms with Crippen LogP contribution < -0.4 is 0 Å². The number of hydrogen-bond acceptors (Lipinski definition) is 2. The third kappa shape index (κ3) is 16.3. The first-order chi connectivity index (χ1) is 4.81. The van der Waals surface area contributed by atoms with Gasteiger partial charge in [0.15, 0.2) is 0 Å². The van der Waals surface area contributed by atoms with Crippen molar-refractivity contribution in [1.29, 1.82) is 0 Å². The van der Waals surface area contributed by atoms with Crippen LogP contribution in [-0.2, 0) is 62.2 Å². The van der Waals surface area contributed by atoms with Crippen LogP contribution in [0.15, 0.2) is 0 Å². The van der Waals surface area contributed by atoms with Crippen LogP contribution in [0.2, 0.25) is 0 Å². The molecular weight excluding hydrogens is 354 g/mol. The van der Waals surface area contributed by atoms with E-state index in [0.717, 1.165) is 6.26 Å². The second-order valence-corrected chi connectivity index (χ2v) is 4.50. The van der Waals surface area contributed by atoms with Crippen LogP contribution in [0.3, 0.4) is 0 Å². The van der Waals surface area contributed by atoms with Crippen LogP contribution in [-0.4, -0.2) is 26.8 Å². The predicted molar refractivity (Wildman–Crippen MR) is 47.5 cm³/mol. The molecule has 0 rings (SSSR count). The van der Waals surface area contributed by atoms with Crippen LogP contribution in [0.25, 0.3) is 10.5 Å². The van der Waals surface area contributed by atoms with E-state index in [2.05, 4.69) is 4.72 Å². The number of rotatable bonds is 4. The van der Waals surface area contributed by atoms with Crippen molar-refractivity contribution < 1.29 is 60.6 Å². The molecule has 78 valence electrons. The zero-order chi connectivity index (χ0) is 9.07. The molecule has 0 spiro atoms. The summed E-state index contributed by atoms with van der Waals surface area (Å²) in [6.45, 7) is 3.42. The van der Waals surface area contributed by atoms with Gasteiger partial charge in [0, 0.05) is 39.0 Å². The van der Waals surface area contributed by atoms with Crippen LogP contribution in [0.5, 0.6) is 0 Å². The Morgan fingerprint density at radius 2 is 1.77 bits per heavy atom. The molecular formula is C6H15N2O2RuSY. The fourth-order valence-electron chi connectivity index (χ4n) is 0.882. The average molecular weight is 369 g/mol. The molecule has 0 aliphatic heterocycles. The van der Waals surface area contributed by atoms with E-state index in [1.165, 1.54) is 0 Å². The van der Waals surface area contributed by atoms with Gasteiger partial charge in [-0.25, -0.2) is 8.42 Å². The molecule has 7 heteroatoms. The minimum atomic E-state index is -3.23. The van der Waals surface area contributed by atoms with Gasteiger partial charge >= 0.3 is 19.5 Å². The van der Waals surface area contributed by atoms with Crippen molar-refractivity contribution >= 4 is 10.0 Å². The van der Waals surface area contributed by atoms with Gasteiger partial charge in [0.2, 0.25) is 0 Å². The van der Waals surface area contributed by atoms with Crippen molar-refractivity contribution in [3.05, 3.63) is 10.5 Å². The number of sulfonamides is 1. The zero-order valence-corrected chi connectivity index (χ0v) is 13.5. The number of hydrogen-bond donors (Lipinski definition) is 0. The first kappa shape index (κ1) is 20.1. The Morgan fingerprint density at radius 3 is 2.00 bits per heavy atom. The van der Waals surface area contributed by atoms with Gasteiger partial charge in [-0.15, -0.1) is 12.1 Å². The van der Waals surface area contributed by atoms with Gasteiger partial charge in [-0.05, 0) is 0 Å². The van der Waals surface area contributed by atoms with E-state index in [-0.39, 0.29) is 64.3 Å². The molecule has 0 aromatic heterocycles. The molecule has 13 heavy (non-hydrogen) atoms. The van der Waals surface area contributed by atoms with Crippen LogP contribution >= 0.6 is 0 Å². The topological polar surface area (TPSA) is 72.0 Å². The molecule has 2 unspecified atom stereocenters. The number of nitrogens with one attached hydrogen (secondary N) is 1. The Hall–Kier alpha value is 1.60. The summed E-state index contributed by atoms with van der Waals surface area (Å²) in [4.78, 5) is 0. The van der Waals surface area contributed by atoms with Crippen molar-refractivity contribution in [2.24, 2.45) is 0 Å². The van der Waals surface area contributed by atoms with Crippen LogP contribution in [0.1, 0.15) is 20.3 Å². The second kappa shape index (κ2) is 8.87. The average Bonchev–Trinajstić information content (AvgIpc) is 1.53. The maximum Gasteiger partial charge on any atom is 0 e. The van der Waals surface area contributed by atoms with Crippen molar-refractivity contribution in [1.82, 2.24) is 0 Å². The zero-order valence-electron chi connectivity index (χ0n) is 7.99. The summed E-state index contributed by atoms with van der Waals surface area (Å²) in [5.41, 5.74) is 7.16. The Labute approximate surface area is 118 Å². The molecule has 0 aromatic carbocycles. The molecule has 0 aromatic rings. The van der Waals surface area contributed by atoms with E-state index in [4.69, 9.17) is 5.73 Å². The normalized spacial score (nSPS) is 15.1. The van der Waals surface area contributed by atoms with Gasteiger partial charge in [0.25, 0.3) is 0 Å². The van der Waals surface area contributed by atoms with E-state index in [1.807, 2.05) is 0 Å². The SMILES string of the molecule is CC([NH-])CC(C)[N-]S(C)(=O)=O.[RuH+2].[Y]. The maximum absolute atomic E-state index is 10.6. The molecule has 0 bridgehead atoms. The third-order valence-corrected chi connectivity index (χ3v) is 1.81. The van der Waals surface area contributed by atoms with Gasteiger partial charge in [0.1, 0.15) is 0 Å². The monoisotopic (exact) mass is 370 g/mol. The van der Waals surface area contributed by atoms with E-state index >= 15 is 0 Å². The molecule has 0 amide bonds. The molecule has 2 atom stereocenters. The predicted octanol–water partition coefficient (Wildman–Crippen LogP) is 1.27. The van der Waals surface area contributed by atoms with Crippen molar-refractivity contribution in [3.63, 3.8) is 0 Å². The summed E-state index contributed by atoms with van der Waals surface area (Å²) in [7, 11) is -3.23. The molecule has 0 fully saturated rings. The minimum Gasteiger partial charge on any atom is 0 e. The Bertz CT molecular complexity index is 209.